The molecule has 33 heavy (non-hydrogen) atoms. The summed E-state index contributed by atoms with van der Waals surface area (Å²) in [6.07, 6.45) is 0. The van der Waals surface area contributed by atoms with Gasteiger partial charge in [0.1, 0.15) is 11.6 Å². The van der Waals surface area contributed by atoms with Crippen molar-refractivity contribution in [2.45, 2.75) is 6.61 Å². The van der Waals surface area contributed by atoms with E-state index in [9.17, 15) is 9.59 Å². The van der Waals surface area contributed by atoms with E-state index in [2.05, 4.69) is 4.98 Å². The second-order valence-corrected chi connectivity index (χ2v) is 7.89. The molecular formula is C26H21NO5S. The molecule has 0 N–H and O–H groups in total. The summed E-state index contributed by atoms with van der Waals surface area (Å²) in [7, 11) is 3.16. The van der Waals surface area contributed by atoms with Gasteiger partial charge in [0.2, 0.25) is 0 Å². The summed E-state index contributed by atoms with van der Waals surface area (Å²) in [5, 5.41) is 2.57. The summed E-state index contributed by atoms with van der Waals surface area (Å²) in [6, 6.07) is 21.0. The van der Waals surface area contributed by atoms with Crippen LogP contribution in [0.2, 0.25) is 0 Å². The minimum atomic E-state index is -0.484. The van der Waals surface area contributed by atoms with Gasteiger partial charge in [0.25, 0.3) is 0 Å². The first-order valence-electron chi connectivity index (χ1n) is 10.1. The number of ketones is 1. The molecule has 0 aliphatic rings. The molecular weight excluding hydrogens is 438 g/mol. The fourth-order valence-electron chi connectivity index (χ4n) is 3.29. The van der Waals surface area contributed by atoms with Gasteiger partial charge in [0.15, 0.2) is 17.3 Å². The number of benzene rings is 3. The summed E-state index contributed by atoms with van der Waals surface area (Å²) < 4.78 is 16.2. The van der Waals surface area contributed by atoms with Crippen molar-refractivity contribution in [1.82, 2.24) is 4.98 Å². The zero-order valence-corrected chi connectivity index (χ0v) is 18.9. The van der Waals surface area contributed by atoms with Crippen LogP contribution in [0.1, 0.15) is 32.0 Å². The van der Waals surface area contributed by atoms with Gasteiger partial charge in [-0.2, -0.15) is 0 Å². The van der Waals surface area contributed by atoms with Crippen LogP contribution in [0, 0.1) is 0 Å². The average molecular weight is 460 g/mol. The Morgan fingerprint density at radius 2 is 1.52 bits per heavy atom. The SMILES string of the molecule is COc1cccc(-c2nc(COC(=O)c3ccc(C(=O)c4ccccc4)cc3)cs2)c1OC. The Balaban J connectivity index is 1.41. The molecule has 0 bridgehead atoms. The normalized spacial score (nSPS) is 10.5. The number of hydrogen-bond donors (Lipinski definition) is 0. The van der Waals surface area contributed by atoms with E-state index in [1.807, 2.05) is 41.8 Å². The third-order valence-corrected chi connectivity index (χ3v) is 5.88. The van der Waals surface area contributed by atoms with E-state index in [1.54, 1.807) is 50.6 Å². The second kappa shape index (κ2) is 10.1. The second-order valence-electron chi connectivity index (χ2n) is 7.03. The Morgan fingerprint density at radius 3 is 2.21 bits per heavy atom. The van der Waals surface area contributed by atoms with Crippen LogP contribution in [0.15, 0.2) is 78.2 Å². The van der Waals surface area contributed by atoms with E-state index in [1.165, 1.54) is 11.3 Å². The molecule has 1 heterocycles. The smallest absolute Gasteiger partial charge is 0.338 e. The summed E-state index contributed by atoms with van der Waals surface area (Å²) >= 11 is 1.43. The Labute approximate surface area is 195 Å². The van der Waals surface area contributed by atoms with E-state index >= 15 is 0 Å². The predicted molar refractivity (Wildman–Crippen MR) is 126 cm³/mol. The van der Waals surface area contributed by atoms with Crippen LogP contribution in [0.3, 0.4) is 0 Å². The van der Waals surface area contributed by atoms with Crippen LogP contribution in [0.5, 0.6) is 11.5 Å². The maximum absolute atomic E-state index is 12.5. The number of nitrogens with zero attached hydrogens (tertiary/aromatic N) is 1. The molecule has 0 aliphatic heterocycles. The molecule has 0 fully saturated rings. The maximum atomic E-state index is 12.5. The molecule has 0 unspecified atom stereocenters. The van der Waals surface area contributed by atoms with Crippen molar-refractivity contribution >= 4 is 23.1 Å². The quantitative estimate of drug-likeness (QED) is 0.259. The summed E-state index contributed by atoms with van der Waals surface area (Å²) in [6.45, 7) is 0.0340. The first-order valence-corrected chi connectivity index (χ1v) is 11.0. The zero-order valence-electron chi connectivity index (χ0n) is 18.1. The maximum Gasteiger partial charge on any atom is 0.338 e. The fourth-order valence-corrected chi connectivity index (χ4v) is 4.12. The predicted octanol–water partition coefficient (Wildman–Crippen LogP) is 5.42. The molecule has 0 amide bonds. The van der Waals surface area contributed by atoms with Gasteiger partial charge in [0.05, 0.1) is 31.0 Å². The largest absolute Gasteiger partial charge is 0.493 e. The molecule has 6 nitrogen and oxygen atoms in total. The molecule has 0 saturated carbocycles. The first kappa shape index (κ1) is 22.2. The van der Waals surface area contributed by atoms with Crippen molar-refractivity contribution in [2.75, 3.05) is 14.2 Å². The Morgan fingerprint density at radius 1 is 0.818 bits per heavy atom. The van der Waals surface area contributed by atoms with E-state index < -0.39 is 5.97 Å². The van der Waals surface area contributed by atoms with E-state index in [-0.39, 0.29) is 12.4 Å². The van der Waals surface area contributed by atoms with E-state index in [4.69, 9.17) is 14.2 Å². The van der Waals surface area contributed by atoms with Crippen molar-refractivity contribution in [2.24, 2.45) is 0 Å². The van der Waals surface area contributed by atoms with Gasteiger partial charge in [-0.3, -0.25) is 4.79 Å². The van der Waals surface area contributed by atoms with Crippen LogP contribution in [-0.4, -0.2) is 31.0 Å². The van der Waals surface area contributed by atoms with E-state index in [0.29, 0.717) is 33.9 Å². The summed E-state index contributed by atoms with van der Waals surface area (Å²) in [5.41, 5.74) is 2.90. The minimum absolute atomic E-state index is 0.0340. The Bertz CT molecular complexity index is 1270. The molecule has 1 aromatic heterocycles. The van der Waals surface area contributed by atoms with Crippen LogP contribution in [0.25, 0.3) is 10.6 Å². The van der Waals surface area contributed by atoms with Crippen LogP contribution in [0.4, 0.5) is 0 Å². The van der Waals surface area contributed by atoms with Gasteiger partial charge >= 0.3 is 5.97 Å². The lowest BCUT2D eigenvalue weighted by Crippen LogP contribution is -2.07. The van der Waals surface area contributed by atoms with Gasteiger partial charge in [-0.15, -0.1) is 11.3 Å². The highest BCUT2D eigenvalue weighted by Gasteiger charge is 2.16. The highest BCUT2D eigenvalue weighted by atomic mass is 32.1. The van der Waals surface area contributed by atoms with Crippen LogP contribution in [-0.2, 0) is 11.3 Å². The molecule has 4 aromatic rings. The van der Waals surface area contributed by atoms with E-state index in [0.717, 1.165) is 10.6 Å². The average Bonchev–Trinajstić information content (AvgIpc) is 3.35. The highest BCUT2D eigenvalue weighted by Crippen LogP contribution is 2.39. The van der Waals surface area contributed by atoms with Crippen molar-refractivity contribution in [3.05, 3.63) is 101 Å². The van der Waals surface area contributed by atoms with Gasteiger partial charge < -0.3 is 14.2 Å². The van der Waals surface area contributed by atoms with Crippen LogP contribution >= 0.6 is 11.3 Å². The highest BCUT2D eigenvalue weighted by molar-refractivity contribution is 7.13. The lowest BCUT2D eigenvalue weighted by Gasteiger charge is -2.10. The lowest BCUT2D eigenvalue weighted by atomic mass is 10.0. The van der Waals surface area contributed by atoms with Gasteiger partial charge in [-0.05, 0) is 24.3 Å². The standard InChI is InChI=1S/C26H21NO5S/c1-30-22-10-6-9-21(24(22)31-2)25-27-20(16-33-25)15-32-26(29)19-13-11-18(12-14-19)23(28)17-7-4-3-5-8-17/h3-14,16H,15H2,1-2H3. The minimum Gasteiger partial charge on any atom is -0.493 e. The molecule has 0 aliphatic carbocycles. The van der Waals surface area contributed by atoms with Crippen molar-refractivity contribution in [3.8, 4) is 22.1 Å². The number of carbonyl (C=O) groups is 2. The topological polar surface area (TPSA) is 74.7 Å². The first-order chi connectivity index (χ1) is 16.1. The number of methoxy groups -OCH3 is 2. The third kappa shape index (κ3) is 4.94. The molecule has 4 rings (SSSR count). The number of ether oxygens (including phenoxy) is 3. The monoisotopic (exact) mass is 459 g/mol. The summed E-state index contributed by atoms with van der Waals surface area (Å²) in [5.74, 6) is 0.635. The van der Waals surface area contributed by atoms with Crippen molar-refractivity contribution in [3.63, 3.8) is 0 Å². The van der Waals surface area contributed by atoms with Crippen molar-refractivity contribution < 1.29 is 23.8 Å². The molecule has 3 aromatic carbocycles. The number of rotatable bonds is 8. The van der Waals surface area contributed by atoms with Gasteiger partial charge in [-0.1, -0.05) is 48.5 Å². The number of esters is 1. The summed E-state index contributed by atoms with van der Waals surface area (Å²) in [4.78, 5) is 29.5. The molecule has 0 spiro atoms. The molecule has 0 atom stereocenters. The van der Waals surface area contributed by atoms with Gasteiger partial charge in [-0.25, -0.2) is 9.78 Å². The fraction of sp³-hybridized carbons (Fsp3) is 0.115. The van der Waals surface area contributed by atoms with Gasteiger partial charge in [0, 0.05) is 16.5 Å². The molecule has 166 valence electrons. The molecule has 0 saturated heterocycles. The number of carbonyl (C=O) groups excluding carboxylic acids is 2. The lowest BCUT2D eigenvalue weighted by molar-refractivity contribution is 0.0468. The molecule has 7 heteroatoms. The number of thiazole rings is 1. The molecule has 0 radical (unpaired) electrons. The number of hydrogen-bond acceptors (Lipinski definition) is 7. The number of aromatic nitrogens is 1. The van der Waals surface area contributed by atoms with Crippen molar-refractivity contribution in [1.29, 1.82) is 0 Å². The zero-order chi connectivity index (χ0) is 23.2. The number of para-hydroxylation sites is 1. The Hall–Kier alpha value is -3.97. The van der Waals surface area contributed by atoms with Crippen LogP contribution < -0.4 is 9.47 Å². The third-order valence-electron chi connectivity index (χ3n) is 4.96. The Kier molecular flexibility index (Phi) is 6.80.